The first kappa shape index (κ1) is 24.6. The molecular weight excluding hydrogens is 372 g/mol. The predicted octanol–water partition coefficient (Wildman–Crippen LogP) is 5.21. The zero-order valence-electron chi connectivity index (χ0n) is 18.5. The lowest BCUT2D eigenvalue weighted by molar-refractivity contribution is -0.159. The highest BCUT2D eigenvalue weighted by atomic mass is 32.1. The molecule has 1 heterocycles. The van der Waals surface area contributed by atoms with E-state index >= 15 is 0 Å². The van der Waals surface area contributed by atoms with Crippen LogP contribution in [0.1, 0.15) is 73.6 Å². The highest BCUT2D eigenvalue weighted by molar-refractivity contribution is 7.71. The van der Waals surface area contributed by atoms with Gasteiger partial charge in [-0.25, -0.2) is 0 Å². The number of rotatable bonds is 12. The molecule has 0 amide bonds. The van der Waals surface area contributed by atoms with Crippen LogP contribution in [-0.2, 0) is 22.6 Å². The van der Waals surface area contributed by atoms with E-state index in [0.29, 0.717) is 23.8 Å². The van der Waals surface area contributed by atoms with E-state index in [1.54, 1.807) is 16.8 Å². The smallest absolute Gasteiger partial charge is 0.312 e. The molecular formula is C22H38N2O3S. The summed E-state index contributed by atoms with van der Waals surface area (Å²) in [6.07, 6.45) is 6.54. The van der Waals surface area contributed by atoms with Gasteiger partial charge in [-0.2, -0.15) is 0 Å². The Bertz CT molecular complexity index is 736. The van der Waals surface area contributed by atoms with Gasteiger partial charge in [0.15, 0.2) is 4.77 Å². The maximum atomic E-state index is 12.6. The molecule has 1 rings (SSSR count). The lowest BCUT2D eigenvalue weighted by Gasteiger charge is -2.32. The molecule has 0 saturated heterocycles. The van der Waals surface area contributed by atoms with Crippen LogP contribution in [-0.4, -0.2) is 21.7 Å². The molecule has 1 aromatic rings. The van der Waals surface area contributed by atoms with Crippen LogP contribution < -0.4 is 5.56 Å². The second-order valence-corrected chi connectivity index (χ2v) is 8.96. The van der Waals surface area contributed by atoms with Gasteiger partial charge in [-0.1, -0.05) is 34.1 Å². The molecule has 5 nitrogen and oxygen atoms in total. The van der Waals surface area contributed by atoms with E-state index in [9.17, 15) is 9.59 Å². The van der Waals surface area contributed by atoms with Crippen molar-refractivity contribution in [1.82, 2.24) is 9.13 Å². The van der Waals surface area contributed by atoms with Crippen LogP contribution in [0.15, 0.2) is 17.1 Å². The predicted molar refractivity (Wildman–Crippen MR) is 117 cm³/mol. The molecule has 0 bridgehead atoms. The molecule has 0 aromatic carbocycles. The third-order valence-electron chi connectivity index (χ3n) is 5.56. The Kier molecular flexibility index (Phi) is 10.1. The average Bonchev–Trinajstić information content (AvgIpc) is 2.61. The molecule has 0 fully saturated rings. The fourth-order valence-electron chi connectivity index (χ4n) is 3.49. The topological polar surface area (TPSA) is 53.2 Å². The van der Waals surface area contributed by atoms with Crippen LogP contribution >= 0.6 is 12.2 Å². The normalized spacial score (nSPS) is 13.7. The van der Waals surface area contributed by atoms with Gasteiger partial charge in [-0.15, -0.1) is 0 Å². The van der Waals surface area contributed by atoms with Crippen molar-refractivity contribution in [2.24, 2.45) is 17.3 Å². The number of hydrogen-bond donors (Lipinski definition) is 0. The molecule has 0 spiro atoms. The molecule has 1 atom stereocenters. The van der Waals surface area contributed by atoms with E-state index in [2.05, 4.69) is 27.7 Å². The van der Waals surface area contributed by atoms with Gasteiger partial charge in [-0.05, 0) is 63.6 Å². The third kappa shape index (κ3) is 6.87. The SMILES string of the molecule is CCn1c(=O)ccn(CCCCCCOC(=O)C(C)(CC(C)C)C(C)C)c1=S. The molecule has 28 heavy (non-hydrogen) atoms. The van der Waals surface area contributed by atoms with Gasteiger partial charge in [0.2, 0.25) is 0 Å². The lowest BCUT2D eigenvalue weighted by Crippen LogP contribution is -2.36. The standard InChI is InChI=1S/C22H38N2O3S/c1-7-24-19(25)12-14-23(21(24)28)13-10-8-9-11-15-27-20(26)22(6,18(4)5)16-17(2)3/h12,14,17-18H,7-11,13,15-16H2,1-6H3. The monoisotopic (exact) mass is 410 g/mol. The molecule has 0 aliphatic heterocycles. The van der Waals surface area contributed by atoms with E-state index in [1.807, 2.05) is 18.4 Å². The molecule has 6 heteroatoms. The van der Waals surface area contributed by atoms with Crippen LogP contribution in [0.25, 0.3) is 0 Å². The molecule has 0 aliphatic carbocycles. The van der Waals surface area contributed by atoms with Gasteiger partial charge in [0, 0.05) is 25.4 Å². The number of esters is 1. The van der Waals surface area contributed by atoms with Crippen LogP contribution in [0.2, 0.25) is 0 Å². The molecule has 0 radical (unpaired) electrons. The summed E-state index contributed by atoms with van der Waals surface area (Å²) in [5, 5.41) is 0. The summed E-state index contributed by atoms with van der Waals surface area (Å²) in [4.78, 5) is 24.3. The van der Waals surface area contributed by atoms with Gasteiger partial charge in [-0.3, -0.25) is 14.2 Å². The van der Waals surface area contributed by atoms with E-state index < -0.39 is 5.41 Å². The summed E-state index contributed by atoms with van der Waals surface area (Å²) in [6.45, 7) is 14.3. The maximum absolute atomic E-state index is 12.6. The van der Waals surface area contributed by atoms with Crippen molar-refractivity contribution < 1.29 is 9.53 Å². The number of hydrogen-bond acceptors (Lipinski definition) is 4. The molecule has 0 aliphatic rings. The van der Waals surface area contributed by atoms with Gasteiger partial charge < -0.3 is 9.30 Å². The molecule has 0 N–H and O–H groups in total. The van der Waals surface area contributed by atoms with E-state index in [1.165, 1.54) is 0 Å². The fourth-order valence-corrected chi connectivity index (χ4v) is 3.86. The minimum absolute atomic E-state index is 0.0450. The fraction of sp³-hybridized carbons (Fsp3) is 0.773. The molecule has 0 saturated carbocycles. The number of ether oxygens (including phenoxy) is 1. The Balaban J connectivity index is 2.36. The average molecular weight is 411 g/mol. The lowest BCUT2D eigenvalue weighted by atomic mass is 9.73. The van der Waals surface area contributed by atoms with Crippen molar-refractivity contribution in [2.75, 3.05) is 6.61 Å². The second-order valence-electron chi connectivity index (χ2n) is 8.59. The van der Waals surface area contributed by atoms with Crippen LogP contribution in [0.3, 0.4) is 0 Å². The molecule has 160 valence electrons. The zero-order chi connectivity index (χ0) is 21.3. The Morgan fingerprint density at radius 3 is 2.39 bits per heavy atom. The van der Waals surface area contributed by atoms with Crippen molar-refractivity contribution in [3.63, 3.8) is 0 Å². The van der Waals surface area contributed by atoms with Gasteiger partial charge in [0.05, 0.1) is 12.0 Å². The first-order valence-corrected chi connectivity index (χ1v) is 11.0. The Hall–Kier alpha value is -1.43. The summed E-state index contributed by atoms with van der Waals surface area (Å²) in [5.41, 5.74) is -0.455. The zero-order valence-corrected chi connectivity index (χ0v) is 19.3. The first-order valence-electron chi connectivity index (χ1n) is 10.6. The number of carbonyl (C=O) groups is 1. The van der Waals surface area contributed by atoms with Crippen molar-refractivity contribution >= 4 is 18.2 Å². The molecule has 1 unspecified atom stereocenters. The Morgan fingerprint density at radius 2 is 1.82 bits per heavy atom. The number of nitrogens with zero attached hydrogens (tertiary/aromatic N) is 2. The highest BCUT2D eigenvalue weighted by Crippen LogP contribution is 2.35. The van der Waals surface area contributed by atoms with E-state index in [-0.39, 0.29) is 17.4 Å². The van der Waals surface area contributed by atoms with Crippen molar-refractivity contribution in [2.45, 2.75) is 86.7 Å². The minimum atomic E-state index is -0.410. The summed E-state index contributed by atoms with van der Waals surface area (Å²) in [5.74, 6) is 0.663. The van der Waals surface area contributed by atoms with Crippen molar-refractivity contribution in [3.05, 3.63) is 27.4 Å². The number of aromatic nitrogens is 2. The first-order chi connectivity index (χ1) is 13.1. The summed E-state index contributed by atoms with van der Waals surface area (Å²) >= 11 is 5.38. The highest BCUT2D eigenvalue weighted by Gasteiger charge is 2.38. The quantitative estimate of drug-likeness (QED) is 0.270. The van der Waals surface area contributed by atoms with Crippen LogP contribution in [0.4, 0.5) is 0 Å². The van der Waals surface area contributed by atoms with Crippen molar-refractivity contribution in [1.29, 1.82) is 0 Å². The van der Waals surface area contributed by atoms with E-state index in [0.717, 1.165) is 38.6 Å². The summed E-state index contributed by atoms with van der Waals surface area (Å²) in [7, 11) is 0. The van der Waals surface area contributed by atoms with Crippen molar-refractivity contribution in [3.8, 4) is 0 Å². The van der Waals surface area contributed by atoms with Crippen LogP contribution in [0, 0.1) is 22.0 Å². The Morgan fingerprint density at radius 1 is 1.18 bits per heavy atom. The number of carbonyl (C=O) groups excluding carboxylic acids is 1. The third-order valence-corrected chi connectivity index (χ3v) is 6.01. The van der Waals surface area contributed by atoms with Gasteiger partial charge in [0.25, 0.3) is 5.56 Å². The summed E-state index contributed by atoms with van der Waals surface area (Å²) < 4.78 is 9.75. The summed E-state index contributed by atoms with van der Waals surface area (Å²) in [6, 6.07) is 1.57. The minimum Gasteiger partial charge on any atom is -0.465 e. The number of unbranched alkanes of at least 4 members (excludes halogenated alkanes) is 3. The van der Waals surface area contributed by atoms with Crippen LogP contribution in [0.5, 0.6) is 0 Å². The largest absolute Gasteiger partial charge is 0.465 e. The molecule has 1 aromatic heterocycles. The number of aryl methyl sites for hydroxylation is 1. The van der Waals surface area contributed by atoms with E-state index in [4.69, 9.17) is 17.0 Å². The Labute approximate surface area is 175 Å². The second kappa shape index (κ2) is 11.5. The van der Waals surface area contributed by atoms with Gasteiger partial charge in [0.1, 0.15) is 0 Å². The maximum Gasteiger partial charge on any atom is 0.312 e. The van der Waals surface area contributed by atoms with Gasteiger partial charge >= 0.3 is 5.97 Å².